The van der Waals surface area contributed by atoms with Gasteiger partial charge in [0.25, 0.3) is 0 Å². The summed E-state index contributed by atoms with van der Waals surface area (Å²) in [7, 11) is 0. The average Bonchev–Trinajstić information content (AvgIpc) is 2.85. The second kappa shape index (κ2) is 6.73. The molecule has 0 radical (unpaired) electrons. The number of benzene rings is 1. The van der Waals surface area contributed by atoms with Crippen LogP contribution < -0.4 is 5.73 Å². The molecular weight excluding hydrogens is 261 g/mol. The lowest BCUT2D eigenvalue weighted by molar-refractivity contribution is 0.601. The molecule has 5 heteroatoms. The van der Waals surface area contributed by atoms with Crippen molar-refractivity contribution in [3.05, 3.63) is 48.0 Å². The summed E-state index contributed by atoms with van der Waals surface area (Å²) < 4.78 is 15.3. The molecule has 2 aromatic rings. The maximum atomic E-state index is 13.4. The number of thioether (sulfide) groups is 1. The molecule has 0 aliphatic carbocycles. The molecule has 19 heavy (non-hydrogen) atoms. The highest BCUT2D eigenvalue weighted by molar-refractivity contribution is 7.99. The minimum Gasteiger partial charge on any atom is -0.327 e. The molecule has 1 atom stereocenters. The fourth-order valence-electron chi connectivity index (χ4n) is 1.81. The van der Waals surface area contributed by atoms with Crippen molar-refractivity contribution in [3.8, 4) is 0 Å². The summed E-state index contributed by atoms with van der Waals surface area (Å²) in [6.45, 7) is 2.91. The van der Waals surface area contributed by atoms with E-state index in [-0.39, 0.29) is 11.9 Å². The Hall–Kier alpha value is -1.33. The molecule has 0 spiro atoms. The minimum atomic E-state index is -0.182. The number of aromatic nitrogens is 2. The number of halogens is 1. The Labute approximate surface area is 117 Å². The van der Waals surface area contributed by atoms with Gasteiger partial charge in [-0.25, -0.2) is 4.39 Å². The lowest BCUT2D eigenvalue weighted by Gasteiger charge is -2.10. The quantitative estimate of drug-likeness (QED) is 0.827. The first-order valence-corrected chi connectivity index (χ1v) is 7.32. The van der Waals surface area contributed by atoms with E-state index in [0.717, 1.165) is 18.5 Å². The van der Waals surface area contributed by atoms with Crippen LogP contribution in [0.3, 0.4) is 0 Å². The third-order valence-corrected chi connectivity index (χ3v) is 4.04. The predicted octanol–water partition coefficient (Wildman–Crippen LogP) is 2.70. The van der Waals surface area contributed by atoms with Gasteiger partial charge in [-0.2, -0.15) is 5.10 Å². The van der Waals surface area contributed by atoms with E-state index in [1.165, 1.54) is 17.8 Å². The lowest BCUT2D eigenvalue weighted by Crippen LogP contribution is -2.25. The molecule has 2 rings (SSSR count). The summed E-state index contributed by atoms with van der Waals surface area (Å²) in [5.74, 6) is 0.511. The SMILES string of the molecule is CCn1cc(CC(N)CSc2ccccc2F)cn1. The van der Waals surface area contributed by atoms with Crippen molar-refractivity contribution in [3.63, 3.8) is 0 Å². The van der Waals surface area contributed by atoms with Crippen molar-refractivity contribution in [2.45, 2.75) is 30.8 Å². The summed E-state index contributed by atoms with van der Waals surface area (Å²) in [6.07, 6.45) is 4.62. The van der Waals surface area contributed by atoms with Gasteiger partial charge in [-0.05, 0) is 31.0 Å². The molecular formula is C14H18FN3S. The maximum absolute atomic E-state index is 13.4. The number of aryl methyl sites for hydroxylation is 1. The van der Waals surface area contributed by atoms with E-state index >= 15 is 0 Å². The fourth-order valence-corrected chi connectivity index (χ4v) is 2.70. The van der Waals surface area contributed by atoms with Crippen molar-refractivity contribution < 1.29 is 4.39 Å². The molecule has 1 unspecified atom stereocenters. The number of rotatable bonds is 6. The lowest BCUT2D eigenvalue weighted by atomic mass is 10.1. The van der Waals surface area contributed by atoms with E-state index in [4.69, 9.17) is 5.73 Å². The van der Waals surface area contributed by atoms with E-state index in [2.05, 4.69) is 5.10 Å². The molecule has 1 heterocycles. The van der Waals surface area contributed by atoms with Crippen molar-refractivity contribution >= 4 is 11.8 Å². The second-order valence-corrected chi connectivity index (χ2v) is 5.47. The molecule has 0 bridgehead atoms. The zero-order chi connectivity index (χ0) is 13.7. The van der Waals surface area contributed by atoms with Crippen LogP contribution in [0.1, 0.15) is 12.5 Å². The molecule has 0 aliphatic rings. The van der Waals surface area contributed by atoms with Crippen molar-refractivity contribution in [1.29, 1.82) is 0 Å². The largest absolute Gasteiger partial charge is 0.327 e. The normalized spacial score (nSPS) is 12.6. The third-order valence-electron chi connectivity index (χ3n) is 2.80. The zero-order valence-corrected chi connectivity index (χ0v) is 11.7. The first-order valence-electron chi connectivity index (χ1n) is 6.33. The van der Waals surface area contributed by atoms with Gasteiger partial charge in [0.1, 0.15) is 5.82 Å². The monoisotopic (exact) mass is 279 g/mol. The third kappa shape index (κ3) is 4.08. The predicted molar refractivity (Wildman–Crippen MR) is 76.7 cm³/mol. The van der Waals surface area contributed by atoms with Gasteiger partial charge < -0.3 is 5.73 Å². The molecule has 0 fully saturated rings. The molecule has 0 aliphatic heterocycles. The molecule has 0 amide bonds. The summed E-state index contributed by atoms with van der Waals surface area (Å²) in [5.41, 5.74) is 7.20. The van der Waals surface area contributed by atoms with Crippen LogP contribution in [0.5, 0.6) is 0 Å². The van der Waals surface area contributed by atoms with Gasteiger partial charge in [-0.3, -0.25) is 4.68 Å². The topological polar surface area (TPSA) is 43.8 Å². The molecule has 3 nitrogen and oxygen atoms in total. The second-order valence-electron chi connectivity index (χ2n) is 4.41. The van der Waals surface area contributed by atoms with Crippen molar-refractivity contribution in [1.82, 2.24) is 9.78 Å². The molecule has 0 saturated heterocycles. The van der Waals surface area contributed by atoms with Crippen molar-refractivity contribution in [2.75, 3.05) is 5.75 Å². The molecule has 102 valence electrons. The summed E-state index contributed by atoms with van der Waals surface area (Å²) >= 11 is 1.46. The highest BCUT2D eigenvalue weighted by Gasteiger charge is 2.08. The van der Waals surface area contributed by atoms with Crippen LogP contribution in [0.4, 0.5) is 4.39 Å². The van der Waals surface area contributed by atoms with Crippen LogP contribution in [0.15, 0.2) is 41.6 Å². The fraction of sp³-hybridized carbons (Fsp3) is 0.357. The van der Waals surface area contributed by atoms with Gasteiger partial charge in [-0.1, -0.05) is 12.1 Å². The minimum absolute atomic E-state index is 0.000822. The van der Waals surface area contributed by atoms with E-state index in [1.54, 1.807) is 12.1 Å². The van der Waals surface area contributed by atoms with Crippen LogP contribution in [0.25, 0.3) is 0 Å². The van der Waals surface area contributed by atoms with Crippen LogP contribution in [-0.2, 0) is 13.0 Å². The maximum Gasteiger partial charge on any atom is 0.136 e. The van der Waals surface area contributed by atoms with Gasteiger partial charge in [0, 0.05) is 29.4 Å². The summed E-state index contributed by atoms with van der Waals surface area (Å²) in [5, 5.41) is 4.21. The van der Waals surface area contributed by atoms with E-state index in [9.17, 15) is 4.39 Å². The number of nitrogens with two attached hydrogens (primary N) is 1. The van der Waals surface area contributed by atoms with E-state index in [1.807, 2.05) is 30.1 Å². The Kier molecular flexibility index (Phi) is 4.99. The van der Waals surface area contributed by atoms with Crippen LogP contribution >= 0.6 is 11.8 Å². The molecule has 1 aromatic heterocycles. The Balaban J connectivity index is 1.84. The highest BCUT2D eigenvalue weighted by atomic mass is 32.2. The molecule has 1 aromatic carbocycles. The first kappa shape index (κ1) is 14.1. The number of nitrogens with zero attached hydrogens (tertiary/aromatic N) is 2. The average molecular weight is 279 g/mol. The molecule has 0 saturated carbocycles. The van der Waals surface area contributed by atoms with Gasteiger partial charge in [0.2, 0.25) is 0 Å². The Morgan fingerprint density at radius 2 is 2.21 bits per heavy atom. The number of hydrogen-bond acceptors (Lipinski definition) is 3. The Morgan fingerprint density at radius 3 is 2.89 bits per heavy atom. The van der Waals surface area contributed by atoms with E-state index < -0.39 is 0 Å². The van der Waals surface area contributed by atoms with Gasteiger partial charge >= 0.3 is 0 Å². The van der Waals surface area contributed by atoms with Gasteiger partial charge in [-0.15, -0.1) is 11.8 Å². The Morgan fingerprint density at radius 1 is 1.42 bits per heavy atom. The van der Waals surface area contributed by atoms with Gasteiger partial charge in [0.05, 0.1) is 6.20 Å². The van der Waals surface area contributed by atoms with Crippen molar-refractivity contribution in [2.24, 2.45) is 5.73 Å². The van der Waals surface area contributed by atoms with Crippen LogP contribution in [0.2, 0.25) is 0 Å². The van der Waals surface area contributed by atoms with Crippen LogP contribution in [0, 0.1) is 5.82 Å². The first-order chi connectivity index (χ1) is 9.19. The summed E-state index contributed by atoms with van der Waals surface area (Å²) in [4.78, 5) is 0.655. The highest BCUT2D eigenvalue weighted by Crippen LogP contribution is 2.22. The molecule has 2 N–H and O–H groups in total. The Bertz CT molecular complexity index is 527. The van der Waals surface area contributed by atoms with Gasteiger partial charge in [0.15, 0.2) is 0 Å². The summed E-state index contributed by atoms with van der Waals surface area (Å²) in [6, 6.07) is 6.78. The number of hydrogen-bond donors (Lipinski definition) is 1. The van der Waals surface area contributed by atoms with E-state index in [0.29, 0.717) is 10.6 Å². The smallest absolute Gasteiger partial charge is 0.136 e. The zero-order valence-electron chi connectivity index (χ0n) is 10.9. The standard InChI is InChI=1S/C14H18FN3S/c1-2-18-9-11(8-17-18)7-12(16)10-19-14-6-4-3-5-13(14)15/h3-6,8-9,12H,2,7,10,16H2,1H3. The van der Waals surface area contributed by atoms with Crippen LogP contribution in [-0.4, -0.2) is 21.6 Å².